The van der Waals surface area contributed by atoms with E-state index in [-0.39, 0.29) is 29.7 Å². The average Bonchev–Trinajstić information content (AvgIpc) is 2.94. The second-order valence-corrected chi connectivity index (χ2v) is 10.4. The van der Waals surface area contributed by atoms with Crippen LogP contribution in [0.15, 0.2) is 59.8 Å². The third-order valence-electron chi connectivity index (χ3n) is 7.07. The predicted molar refractivity (Wildman–Crippen MR) is 134 cm³/mol. The van der Waals surface area contributed by atoms with Crippen molar-refractivity contribution >= 4 is 23.1 Å². The highest BCUT2D eigenvalue weighted by molar-refractivity contribution is 6.01. The van der Waals surface area contributed by atoms with Crippen molar-refractivity contribution in [2.75, 3.05) is 43.1 Å². The van der Waals surface area contributed by atoms with E-state index in [4.69, 9.17) is 4.74 Å². The number of anilines is 2. The van der Waals surface area contributed by atoms with E-state index in [1.165, 1.54) is 0 Å². The minimum Gasteiger partial charge on any atom is -0.378 e. The molecule has 1 amide bonds. The monoisotopic (exact) mass is 459 g/mol. The third-order valence-corrected chi connectivity index (χ3v) is 7.07. The Morgan fingerprint density at radius 2 is 1.76 bits per heavy atom. The molecule has 3 aliphatic rings. The molecule has 0 unspecified atom stereocenters. The maximum Gasteiger partial charge on any atom is 0.242 e. The quantitative estimate of drug-likeness (QED) is 0.734. The number of morpholine rings is 1. The van der Waals surface area contributed by atoms with Crippen LogP contribution in [0.2, 0.25) is 0 Å². The van der Waals surface area contributed by atoms with Gasteiger partial charge in [-0.05, 0) is 36.5 Å². The molecule has 2 heterocycles. The summed E-state index contributed by atoms with van der Waals surface area (Å²) >= 11 is 0. The van der Waals surface area contributed by atoms with Gasteiger partial charge in [-0.25, -0.2) is 0 Å². The molecule has 1 atom stereocenters. The minimum absolute atomic E-state index is 0.0582. The molecule has 1 aliphatic carbocycles. The van der Waals surface area contributed by atoms with Gasteiger partial charge in [0.15, 0.2) is 5.78 Å². The van der Waals surface area contributed by atoms with E-state index in [2.05, 4.69) is 55.3 Å². The summed E-state index contributed by atoms with van der Waals surface area (Å²) in [5.74, 6) is 0.212. The van der Waals surface area contributed by atoms with E-state index in [9.17, 15) is 9.59 Å². The van der Waals surface area contributed by atoms with Gasteiger partial charge in [-0.15, -0.1) is 0 Å². The summed E-state index contributed by atoms with van der Waals surface area (Å²) in [6.07, 6.45) is 1.29. The lowest BCUT2D eigenvalue weighted by atomic mass is 9.73. The number of nitrogens with one attached hydrogen (secondary N) is 1. The molecule has 5 rings (SSSR count). The van der Waals surface area contributed by atoms with E-state index in [0.717, 1.165) is 40.2 Å². The molecule has 0 aromatic heterocycles. The first-order chi connectivity index (χ1) is 16.3. The van der Waals surface area contributed by atoms with Crippen LogP contribution in [0.5, 0.6) is 0 Å². The molecule has 1 fully saturated rings. The number of carbonyl (C=O) groups is 2. The zero-order valence-electron chi connectivity index (χ0n) is 20.3. The maximum absolute atomic E-state index is 13.7. The molecule has 1 saturated heterocycles. The average molecular weight is 460 g/mol. The number of hydrogen-bond donors (Lipinski definition) is 1. The number of rotatable bonds is 3. The second-order valence-electron chi connectivity index (χ2n) is 10.4. The van der Waals surface area contributed by atoms with Gasteiger partial charge in [0.25, 0.3) is 0 Å². The summed E-state index contributed by atoms with van der Waals surface area (Å²) in [6.45, 7) is 8.88. The van der Waals surface area contributed by atoms with Crippen molar-refractivity contribution in [3.8, 4) is 0 Å². The summed E-state index contributed by atoms with van der Waals surface area (Å²) in [6, 6.07) is 16.1. The molecule has 1 N–H and O–H groups in total. The Hall–Kier alpha value is -3.12. The number of amides is 1. The van der Waals surface area contributed by atoms with Gasteiger partial charge in [-0.3, -0.25) is 9.59 Å². The van der Waals surface area contributed by atoms with Crippen LogP contribution in [-0.2, 0) is 14.3 Å². The Morgan fingerprint density at radius 3 is 2.50 bits per heavy atom. The minimum atomic E-state index is -0.333. The lowest BCUT2D eigenvalue weighted by Gasteiger charge is -2.39. The van der Waals surface area contributed by atoms with Crippen molar-refractivity contribution in [2.24, 2.45) is 5.41 Å². The van der Waals surface area contributed by atoms with Gasteiger partial charge in [0, 0.05) is 30.8 Å². The number of ketones is 1. The normalized spacial score (nSPS) is 22.0. The van der Waals surface area contributed by atoms with Crippen LogP contribution >= 0.6 is 0 Å². The van der Waals surface area contributed by atoms with Gasteiger partial charge >= 0.3 is 0 Å². The predicted octanol–water partition coefficient (Wildman–Crippen LogP) is 4.47. The summed E-state index contributed by atoms with van der Waals surface area (Å²) in [7, 11) is 0. The molecule has 6 heteroatoms. The highest BCUT2D eigenvalue weighted by atomic mass is 16.5. The number of hydrogen-bond acceptors (Lipinski definition) is 5. The molecule has 2 aromatic rings. The van der Waals surface area contributed by atoms with Crippen molar-refractivity contribution < 1.29 is 14.3 Å². The Balaban J connectivity index is 1.66. The fourth-order valence-corrected chi connectivity index (χ4v) is 5.38. The standard InChI is InChI=1S/C28H33N3O3/c1-19-8-10-20(11-9-19)27-26-22(16-28(2,3)17-24(26)32)29-21-6-4-5-7-23(21)31(27)18-25(33)30-12-14-34-15-13-30/h4-11,27,29H,12-18H2,1-3H3/t27-/m0/s1. The smallest absolute Gasteiger partial charge is 0.242 e. The molecule has 2 aliphatic heterocycles. The molecular formula is C28H33N3O3. The van der Waals surface area contributed by atoms with Crippen LogP contribution in [0.4, 0.5) is 11.4 Å². The van der Waals surface area contributed by atoms with E-state index >= 15 is 0 Å². The zero-order chi connectivity index (χ0) is 23.9. The fourth-order valence-electron chi connectivity index (χ4n) is 5.38. The van der Waals surface area contributed by atoms with Crippen molar-refractivity contribution in [3.05, 3.63) is 70.9 Å². The highest BCUT2D eigenvalue weighted by Crippen LogP contribution is 2.48. The molecule has 34 heavy (non-hydrogen) atoms. The first-order valence-corrected chi connectivity index (χ1v) is 12.1. The van der Waals surface area contributed by atoms with Crippen molar-refractivity contribution in [2.45, 2.75) is 39.7 Å². The Morgan fingerprint density at radius 1 is 1.06 bits per heavy atom. The first-order valence-electron chi connectivity index (χ1n) is 12.1. The summed E-state index contributed by atoms with van der Waals surface area (Å²) in [5.41, 5.74) is 5.71. The maximum atomic E-state index is 13.7. The molecular weight excluding hydrogens is 426 g/mol. The van der Waals surface area contributed by atoms with Gasteiger partial charge in [-0.1, -0.05) is 55.8 Å². The van der Waals surface area contributed by atoms with Crippen LogP contribution in [0.25, 0.3) is 0 Å². The van der Waals surface area contributed by atoms with Crippen LogP contribution in [0, 0.1) is 12.3 Å². The van der Waals surface area contributed by atoms with Crippen LogP contribution in [-0.4, -0.2) is 49.4 Å². The number of fused-ring (bicyclic) bond motifs is 1. The Bertz CT molecular complexity index is 1130. The number of ether oxygens (including phenoxy) is 1. The molecule has 6 nitrogen and oxygen atoms in total. The first kappa shape index (κ1) is 22.7. The van der Waals surface area contributed by atoms with Crippen LogP contribution < -0.4 is 10.2 Å². The Labute approximate surface area is 201 Å². The van der Waals surface area contributed by atoms with Gasteiger partial charge in [-0.2, -0.15) is 0 Å². The van der Waals surface area contributed by atoms with E-state index in [1.807, 2.05) is 29.2 Å². The molecule has 0 bridgehead atoms. The molecule has 178 valence electrons. The second kappa shape index (κ2) is 8.91. The summed E-state index contributed by atoms with van der Waals surface area (Å²) in [5, 5.41) is 3.61. The molecule has 0 spiro atoms. The number of aryl methyl sites for hydroxylation is 1. The lowest BCUT2D eigenvalue weighted by Crippen LogP contribution is -2.47. The molecule has 2 aromatic carbocycles. The largest absolute Gasteiger partial charge is 0.378 e. The summed E-state index contributed by atoms with van der Waals surface area (Å²) < 4.78 is 5.45. The Kier molecular flexibility index (Phi) is 5.94. The number of nitrogens with zero attached hydrogens (tertiary/aromatic N) is 2. The van der Waals surface area contributed by atoms with Gasteiger partial charge in [0.1, 0.15) is 0 Å². The van der Waals surface area contributed by atoms with E-state index in [0.29, 0.717) is 32.7 Å². The zero-order valence-corrected chi connectivity index (χ0v) is 20.3. The fraction of sp³-hybridized carbons (Fsp3) is 0.429. The van der Waals surface area contributed by atoms with Gasteiger partial charge in [0.05, 0.1) is 37.2 Å². The van der Waals surface area contributed by atoms with Crippen LogP contribution in [0.3, 0.4) is 0 Å². The number of allylic oxidation sites excluding steroid dienone is 1. The van der Waals surface area contributed by atoms with Crippen molar-refractivity contribution in [3.63, 3.8) is 0 Å². The van der Waals surface area contributed by atoms with E-state index in [1.54, 1.807) is 0 Å². The SMILES string of the molecule is Cc1ccc([C@H]2C3=C(CC(C)(C)CC3=O)Nc3ccccc3N2CC(=O)N2CCOCC2)cc1. The van der Waals surface area contributed by atoms with Crippen LogP contribution in [0.1, 0.15) is 43.9 Å². The number of benzene rings is 2. The van der Waals surface area contributed by atoms with E-state index < -0.39 is 0 Å². The highest BCUT2D eigenvalue weighted by Gasteiger charge is 2.42. The van der Waals surface area contributed by atoms with Gasteiger partial charge < -0.3 is 19.9 Å². The number of carbonyl (C=O) groups excluding carboxylic acids is 2. The molecule has 0 saturated carbocycles. The van der Waals surface area contributed by atoms with Crippen molar-refractivity contribution in [1.82, 2.24) is 4.90 Å². The lowest BCUT2D eigenvalue weighted by molar-refractivity contribution is -0.133. The topological polar surface area (TPSA) is 61.9 Å². The third kappa shape index (κ3) is 4.34. The summed E-state index contributed by atoms with van der Waals surface area (Å²) in [4.78, 5) is 31.2. The van der Waals surface area contributed by atoms with Crippen molar-refractivity contribution in [1.29, 1.82) is 0 Å². The number of para-hydroxylation sites is 2. The number of Topliss-reactive ketones (excluding diaryl/α,β-unsaturated/α-hetero) is 1. The molecule has 0 radical (unpaired) electrons. The van der Waals surface area contributed by atoms with Gasteiger partial charge in [0.2, 0.25) is 5.91 Å².